The number of urea groups is 1. The Bertz CT molecular complexity index is 254. The van der Waals surface area contributed by atoms with Gasteiger partial charge in [-0.1, -0.05) is 0 Å². The van der Waals surface area contributed by atoms with Crippen molar-refractivity contribution in [2.45, 2.75) is 6.10 Å². The van der Waals surface area contributed by atoms with E-state index in [2.05, 4.69) is 4.74 Å². The first-order valence-corrected chi connectivity index (χ1v) is 4.72. The Morgan fingerprint density at radius 3 is 2.67 bits per heavy atom. The number of carbonyl (C=O) groups excluding carboxylic acids is 2. The van der Waals surface area contributed by atoms with Crippen LogP contribution in [0.1, 0.15) is 0 Å². The summed E-state index contributed by atoms with van der Waals surface area (Å²) in [6.45, 7) is 1.12. The minimum Gasteiger partial charge on any atom is -0.467 e. The normalized spacial score (nSPS) is 21.0. The first kappa shape index (κ1) is 11.8. The maximum Gasteiger partial charge on any atom is 0.336 e. The molecule has 2 amide bonds. The van der Waals surface area contributed by atoms with Gasteiger partial charge >= 0.3 is 12.0 Å². The summed E-state index contributed by atoms with van der Waals surface area (Å²) in [5.74, 6) is -0.439. The number of hydrogen-bond acceptors (Lipinski definition) is 4. The molecular formula is C9H16N2O4. The fraction of sp³-hybridized carbons (Fsp3) is 0.778. The molecule has 15 heavy (non-hydrogen) atoms. The lowest BCUT2D eigenvalue weighted by atomic mass is 10.3. The number of amides is 2. The number of esters is 1. The van der Waals surface area contributed by atoms with Gasteiger partial charge in [0.05, 0.1) is 20.3 Å². The molecule has 1 aliphatic heterocycles. The zero-order chi connectivity index (χ0) is 11.4. The molecule has 1 saturated heterocycles. The maximum absolute atomic E-state index is 11.6. The van der Waals surface area contributed by atoms with Gasteiger partial charge in [0, 0.05) is 20.6 Å². The predicted octanol–water partition coefficient (Wildman–Crippen LogP) is -0.458. The molecule has 6 heteroatoms. The van der Waals surface area contributed by atoms with Crippen LogP contribution in [0.4, 0.5) is 4.79 Å². The molecule has 6 nitrogen and oxygen atoms in total. The number of carbonyl (C=O) groups is 2. The lowest BCUT2D eigenvalue weighted by Gasteiger charge is -2.33. The summed E-state index contributed by atoms with van der Waals surface area (Å²) in [6.07, 6.45) is -0.660. The van der Waals surface area contributed by atoms with E-state index in [0.29, 0.717) is 13.2 Å². The van der Waals surface area contributed by atoms with Crippen LogP contribution in [0.5, 0.6) is 0 Å². The fourth-order valence-electron chi connectivity index (χ4n) is 1.38. The van der Waals surface area contributed by atoms with Crippen LogP contribution in [0.2, 0.25) is 0 Å². The summed E-state index contributed by atoms with van der Waals surface area (Å²) < 4.78 is 9.77. The Balaban J connectivity index is 2.56. The van der Waals surface area contributed by atoms with Gasteiger partial charge in [-0.3, -0.25) is 0 Å². The van der Waals surface area contributed by atoms with Gasteiger partial charge in [-0.25, -0.2) is 9.59 Å². The lowest BCUT2D eigenvalue weighted by Crippen LogP contribution is -2.51. The van der Waals surface area contributed by atoms with E-state index in [9.17, 15) is 9.59 Å². The first-order valence-electron chi connectivity index (χ1n) is 4.72. The quantitative estimate of drug-likeness (QED) is 0.557. The van der Waals surface area contributed by atoms with Crippen molar-refractivity contribution in [2.24, 2.45) is 0 Å². The predicted molar refractivity (Wildman–Crippen MR) is 52.4 cm³/mol. The van der Waals surface area contributed by atoms with Gasteiger partial charge in [0.2, 0.25) is 0 Å². The van der Waals surface area contributed by atoms with Crippen LogP contribution in [0.25, 0.3) is 0 Å². The molecule has 1 rings (SSSR count). The second-order valence-electron chi connectivity index (χ2n) is 3.51. The van der Waals surface area contributed by atoms with Crippen molar-refractivity contribution in [3.63, 3.8) is 0 Å². The highest BCUT2D eigenvalue weighted by Gasteiger charge is 2.30. The molecule has 0 N–H and O–H groups in total. The van der Waals surface area contributed by atoms with Gasteiger partial charge in [0.25, 0.3) is 0 Å². The van der Waals surface area contributed by atoms with Gasteiger partial charge in [-0.05, 0) is 0 Å². The van der Waals surface area contributed by atoms with E-state index >= 15 is 0 Å². The third-order valence-electron chi connectivity index (χ3n) is 2.18. The van der Waals surface area contributed by atoms with Crippen molar-refractivity contribution < 1.29 is 19.1 Å². The molecule has 1 heterocycles. The van der Waals surface area contributed by atoms with Gasteiger partial charge in [0.1, 0.15) is 0 Å². The molecule has 0 spiro atoms. The SMILES string of the molecule is COC(=O)C1CN(C(=O)N(C)C)CCO1. The van der Waals surface area contributed by atoms with Crippen LogP contribution in [0.15, 0.2) is 0 Å². The number of nitrogens with zero attached hydrogens (tertiary/aromatic N) is 2. The van der Waals surface area contributed by atoms with Crippen LogP contribution in [0, 0.1) is 0 Å². The Kier molecular flexibility index (Phi) is 3.90. The van der Waals surface area contributed by atoms with Crippen molar-refractivity contribution in [1.82, 2.24) is 9.80 Å². The summed E-state index contributed by atoms with van der Waals surface area (Å²) in [4.78, 5) is 25.9. The number of ether oxygens (including phenoxy) is 2. The van der Waals surface area contributed by atoms with Crippen LogP contribution < -0.4 is 0 Å². The summed E-state index contributed by atoms with van der Waals surface area (Å²) in [5, 5.41) is 0. The van der Waals surface area contributed by atoms with E-state index in [1.807, 2.05) is 0 Å². The third-order valence-corrected chi connectivity index (χ3v) is 2.18. The number of rotatable bonds is 1. The second-order valence-corrected chi connectivity index (χ2v) is 3.51. The van der Waals surface area contributed by atoms with E-state index < -0.39 is 12.1 Å². The minimum absolute atomic E-state index is 0.118. The minimum atomic E-state index is -0.660. The largest absolute Gasteiger partial charge is 0.467 e. The standard InChI is InChI=1S/C9H16N2O4/c1-10(2)9(13)11-4-5-15-7(6-11)8(12)14-3/h7H,4-6H2,1-3H3. The van der Waals surface area contributed by atoms with E-state index in [1.54, 1.807) is 19.0 Å². The summed E-state index contributed by atoms with van der Waals surface area (Å²) in [7, 11) is 4.65. The highest BCUT2D eigenvalue weighted by Crippen LogP contribution is 2.08. The second kappa shape index (κ2) is 4.97. The van der Waals surface area contributed by atoms with E-state index in [0.717, 1.165) is 0 Å². The lowest BCUT2D eigenvalue weighted by molar-refractivity contribution is -0.158. The molecule has 0 aromatic carbocycles. The van der Waals surface area contributed by atoms with Crippen LogP contribution in [-0.2, 0) is 14.3 Å². The molecular weight excluding hydrogens is 200 g/mol. The molecule has 0 saturated carbocycles. The van der Waals surface area contributed by atoms with E-state index in [4.69, 9.17) is 4.74 Å². The molecule has 86 valence electrons. The monoisotopic (exact) mass is 216 g/mol. The average Bonchev–Trinajstić information content (AvgIpc) is 2.27. The Hall–Kier alpha value is -1.30. The Morgan fingerprint density at radius 2 is 2.13 bits per heavy atom. The molecule has 0 aromatic heterocycles. The molecule has 1 fully saturated rings. The average molecular weight is 216 g/mol. The number of hydrogen-bond donors (Lipinski definition) is 0. The number of morpholine rings is 1. The van der Waals surface area contributed by atoms with Crippen LogP contribution in [-0.4, -0.2) is 68.8 Å². The molecule has 0 aromatic rings. The molecule has 1 unspecified atom stereocenters. The molecule has 0 bridgehead atoms. The zero-order valence-electron chi connectivity index (χ0n) is 9.23. The molecule has 0 aliphatic carbocycles. The van der Waals surface area contributed by atoms with Crippen molar-refractivity contribution >= 4 is 12.0 Å². The first-order chi connectivity index (χ1) is 7.06. The third kappa shape index (κ3) is 2.82. The highest BCUT2D eigenvalue weighted by atomic mass is 16.6. The van der Waals surface area contributed by atoms with Crippen molar-refractivity contribution in [1.29, 1.82) is 0 Å². The molecule has 1 aliphatic rings. The van der Waals surface area contributed by atoms with Gasteiger partial charge in [-0.15, -0.1) is 0 Å². The highest BCUT2D eigenvalue weighted by molar-refractivity contribution is 5.78. The molecule has 1 atom stereocenters. The van der Waals surface area contributed by atoms with E-state index in [-0.39, 0.29) is 12.6 Å². The molecule has 0 radical (unpaired) electrons. The van der Waals surface area contributed by atoms with Crippen molar-refractivity contribution in [3.8, 4) is 0 Å². The van der Waals surface area contributed by atoms with Gasteiger partial charge in [0.15, 0.2) is 6.10 Å². The topological polar surface area (TPSA) is 59.1 Å². The summed E-state index contributed by atoms with van der Waals surface area (Å²) in [5.41, 5.74) is 0. The number of methoxy groups -OCH3 is 1. The van der Waals surface area contributed by atoms with E-state index in [1.165, 1.54) is 12.0 Å². The van der Waals surface area contributed by atoms with Crippen LogP contribution in [0.3, 0.4) is 0 Å². The van der Waals surface area contributed by atoms with Gasteiger partial charge < -0.3 is 19.3 Å². The zero-order valence-corrected chi connectivity index (χ0v) is 9.23. The Labute approximate surface area is 88.7 Å². The smallest absolute Gasteiger partial charge is 0.336 e. The van der Waals surface area contributed by atoms with Crippen molar-refractivity contribution in [2.75, 3.05) is 40.9 Å². The Morgan fingerprint density at radius 1 is 1.47 bits per heavy atom. The summed E-state index contributed by atoms with van der Waals surface area (Å²) >= 11 is 0. The summed E-state index contributed by atoms with van der Waals surface area (Å²) in [6, 6.07) is -0.118. The van der Waals surface area contributed by atoms with Crippen LogP contribution >= 0.6 is 0 Å². The fourth-order valence-corrected chi connectivity index (χ4v) is 1.38. The van der Waals surface area contributed by atoms with Crippen molar-refractivity contribution in [3.05, 3.63) is 0 Å². The van der Waals surface area contributed by atoms with Gasteiger partial charge in [-0.2, -0.15) is 0 Å². The maximum atomic E-state index is 11.6.